The molecule has 1 unspecified atom stereocenters. The molecule has 122 valence electrons. The topological polar surface area (TPSA) is 46.2 Å². The molecule has 0 saturated heterocycles. The van der Waals surface area contributed by atoms with Gasteiger partial charge in [-0.15, -0.1) is 0 Å². The molecule has 5 heteroatoms. The second-order valence-corrected chi connectivity index (χ2v) is 8.45. The zero-order valence-corrected chi connectivity index (χ0v) is 14.6. The van der Waals surface area contributed by atoms with Gasteiger partial charge in [-0.25, -0.2) is 0 Å². The largest absolute Gasteiger partial charge is 0.322 e. The lowest BCUT2D eigenvalue weighted by molar-refractivity contribution is 0.102. The maximum Gasteiger partial charge on any atom is 0.256 e. The molecule has 3 nitrogen and oxygen atoms in total. The summed E-state index contributed by atoms with van der Waals surface area (Å²) in [7, 11) is -0.819. The molecule has 1 N–H and O–H groups in total. The molecule has 1 aromatic carbocycles. The molecule has 0 aliphatic heterocycles. The summed E-state index contributed by atoms with van der Waals surface area (Å²) in [5, 5.41) is 6.97. The van der Waals surface area contributed by atoms with Gasteiger partial charge in [0.1, 0.15) is 0 Å². The zero-order valence-electron chi connectivity index (χ0n) is 13.0. The summed E-state index contributed by atoms with van der Waals surface area (Å²) in [6.45, 7) is 0. The lowest BCUT2D eigenvalue weighted by Gasteiger charge is -2.21. The van der Waals surface area contributed by atoms with Gasteiger partial charge in [0.15, 0.2) is 0 Å². The monoisotopic (exact) mass is 347 g/mol. The van der Waals surface area contributed by atoms with Crippen LogP contribution >= 0.6 is 11.3 Å². The number of anilines is 1. The Morgan fingerprint density at radius 2 is 2.04 bits per heavy atom. The molecule has 1 fully saturated rings. The SMILES string of the molecule is O=C(Nc1cccc(CS(=O)C2CCCCC2)c1)c1ccsc1. The van der Waals surface area contributed by atoms with Crippen LogP contribution in [0.2, 0.25) is 0 Å². The Morgan fingerprint density at radius 3 is 2.78 bits per heavy atom. The number of carbonyl (C=O) groups excluding carboxylic acids is 1. The highest BCUT2D eigenvalue weighted by Crippen LogP contribution is 2.24. The fraction of sp³-hybridized carbons (Fsp3) is 0.389. The van der Waals surface area contributed by atoms with Crippen molar-refractivity contribution < 1.29 is 9.00 Å². The molecule has 1 saturated carbocycles. The van der Waals surface area contributed by atoms with Crippen LogP contribution in [0.15, 0.2) is 41.1 Å². The van der Waals surface area contributed by atoms with Crippen LogP contribution in [0.1, 0.15) is 48.0 Å². The molecule has 1 aromatic heterocycles. The Balaban J connectivity index is 1.62. The minimum atomic E-state index is -0.819. The van der Waals surface area contributed by atoms with Gasteiger partial charge in [0.05, 0.1) is 5.56 Å². The van der Waals surface area contributed by atoms with Crippen LogP contribution in [0.25, 0.3) is 0 Å². The quantitative estimate of drug-likeness (QED) is 0.860. The van der Waals surface area contributed by atoms with E-state index in [4.69, 9.17) is 0 Å². The van der Waals surface area contributed by atoms with Gasteiger partial charge in [-0.3, -0.25) is 9.00 Å². The number of thiophene rings is 1. The average Bonchev–Trinajstić information content (AvgIpc) is 3.10. The summed E-state index contributed by atoms with van der Waals surface area (Å²) in [6.07, 6.45) is 5.85. The van der Waals surface area contributed by atoms with Crippen molar-refractivity contribution in [3.8, 4) is 0 Å². The summed E-state index contributed by atoms with van der Waals surface area (Å²) in [6, 6.07) is 9.52. The lowest BCUT2D eigenvalue weighted by atomic mass is 10.0. The Hall–Kier alpha value is -1.46. The summed E-state index contributed by atoms with van der Waals surface area (Å²) < 4.78 is 12.5. The van der Waals surface area contributed by atoms with Crippen LogP contribution < -0.4 is 5.32 Å². The Kier molecular flexibility index (Phi) is 5.62. The molecular weight excluding hydrogens is 326 g/mol. The van der Waals surface area contributed by atoms with E-state index in [2.05, 4.69) is 5.32 Å². The molecule has 1 aliphatic rings. The number of amides is 1. The molecule has 2 aromatic rings. The van der Waals surface area contributed by atoms with Gasteiger partial charge in [-0.1, -0.05) is 31.4 Å². The standard InChI is InChI=1S/C18H21NO2S2/c20-18(15-9-10-22-12-15)19-16-6-4-5-14(11-16)13-23(21)17-7-2-1-3-8-17/h4-6,9-12,17H,1-3,7-8,13H2,(H,19,20). The predicted octanol–water partition coefficient (Wildman–Crippen LogP) is 4.58. The molecule has 3 rings (SSSR count). The maximum atomic E-state index is 12.5. The van der Waals surface area contributed by atoms with Gasteiger partial charge in [0, 0.05) is 32.9 Å². The summed E-state index contributed by atoms with van der Waals surface area (Å²) >= 11 is 1.50. The molecule has 1 aliphatic carbocycles. The van der Waals surface area contributed by atoms with E-state index in [0.717, 1.165) is 24.1 Å². The summed E-state index contributed by atoms with van der Waals surface area (Å²) in [5.74, 6) is 0.476. The normalized spacial score (nSPS) is 16.9. The van der Waals surface area contributed by atoms with Crippen LogP contribution in [0.3, 0.4) is 0 Å². The number of rotatable bonds is 5. The second-order valence-electron chi connectivity index (χ2n) is 5.95. The minimum absolute atomic E-state index is 0.100. The van der Waals surface area contributed by atoms with E-state index in [-0.39, 0.29) is 5.91 Å². The van der Waals surface area contributed by atoms with E-state index >= 15 is 0 Å². The van der Waals surface area contributed by atoms with Crippen molar-refractivity contribution in [1.29, 1.82) is 0 Å². The van der Waals surface area contributed by atoms with Gasteiger partial charge in [0.2, 0.25) is 0 Å². The molecule has 0 radical (unpaired) electrons. The van der Waals surface area contributed by atoms with Gasteiger partial charge in [-0.2, -0.15) is 11.3 Å². The zero-order chi connectivity index (χ0) is 16.1. The maximum absolute atomic E-state index is 12.5. The molecule has 1 amide bonds. The van der Waals surface area contributed by atoms with Gasteiger partial charge in [-0.05, 0) is 42.0 Å². The Labute approximate surface area is 143 Å². The van der Waals surface area contributed by atoms with Crippen LogP contribution in [-0.4, -0.2) is 15.4 Å². The molecule has 1 heterocycles. The highest BCUT2D eigenvalue weighted by atomic mass is 32.2. The Bertz CT molecular complexity index is 676. The first-order valence-corrected chi connectivity index (χ1v) is 10.3. The molecule has 23 heavy (non-hydrogen) atoms. The Morgan fingerprint density at radius 1 is 1.22 bits per heavy atom. The first kappa shape index (κ1) is 16.4. The highest BCUT2D eigenvalue weighted by Gasteiger charge is 2.20. The van der Waals surface area contributed by atoms with Crippen LogP contribution in [0.5, 0.6) is 0 Å². The van der Waals surface area contributed by atoms with Crippen molar-refractivity contribution in [3.63, 3.8) is 0 Å². The van der Waals surface area contributed by atoms with Gasteiger partial charge >= 0.3 is 0 Å². The second kappa shape index (κ2) is 7.88. The molecule has 0 spiro atoms. The number of carbonyl (C=O) groups is 1. The number of benzene rings is 1. The predicted molar refractivity (Wildman–Crippen MR) is 97.4 cm³/mol. The number of hydrogen-bond acceptors (Lipinski definition) is 3. The summed E-state index contributed by atoms with van der Waals surface area (Å²) in [4.78, 5) is 12.1. The third-order valence-electron chi connectivity index (χ3n) is 4.20. The van der Waals surface area contributed by atoms with Crippen molar-refractivity contribution in [1.82, 2.24) is 0 Å². The smallest absolute Gasteiger partial charge is 0.256 e. The van der Waals surface area contributed by atoms with E-state index in [1.165, 1.54) is 30.6 Å². The third kappa shape index (κ3) is 4.52. The summed E-state index contributed by atoms with van der Waals surface area (Å²) in [5.41, 5.74) is 2.46. The fourth-order valence-electron chi connectivity index (χ4n) is 2.95. The average molecular weight is 348 g/mol. The highest BCUT2D eigenvalue weighted by molar-refractivity contribution is 7.84. The van der Waals surface area contributed by atoms with Crippen molar-refractivity contribution >= 4 is 33.7 Å². The fourth-order valence-corrected chi connectivity index (χ4v) is 5.18. The van der Waals surface area contributed by atoms with Crippen LogP contribution in [-0.2, 0) is 16.6 Å². The first-order chi connectivity index (χ1) is 11.2. The minimum Gasteiger partial charge on any atom is -0.322 e. The number of hydrogen-bond donors (Lipinski definition) is 1. The van der Waals surface area contributed by atoms with Crippen molar-refractivity contribution in [2.24, 2.45) is 0 Å². The van der Waals surface area contributed by atoms with Crippen molar-refractivity contribution in [2.75, 3.05) is 5.32 Å². The molecule has 0 bridgehead atoms. The lowest BCUT2D eigenvalue weighted by Crippen LogP contribution is -2.19. The molecular formula is C18H21NO2S2. The first-order valence-electron chi connectivity index (χ1n) is 8.02. The van der Waals surface area contributed by atoms with Gasteiger partial charge < -0.3 is 5.32 Å². The van der Waals surface area contributed by atoms with E-state index in [9.17, 15) is 9.00 Å². The van der Waals surface area contributed by atoms with Crippen molar-refractivity contribution in [2.45, 2.75) is 43.1 Å². The third-order valence-corrected chi connectivity index (χ3v) is 6.72. The van der Waals surface area contributed by atoms with E-state index in [1.54, 1.807) is 0 Å². The van der Waals surface area contributed by atoms with Crippen LogP contribution in [0.4, 0.5) is 5.69 Å². The van der Waals surface area contributed by atoms with E-state index in [1.807, 2.05) is 41.1 Å². The van der Waals surface area contributed by atoms with E-state index in [0.29, 0.717) is 16.6 Å². The van der Waals surface area contributed by atoms with E-state index < -0.39 is 10.8 Å². The van der Waals surface area contributed by atoms with Gasteiger partial charge in [0.25, 0.3) is 5.91 Å². The molecule has 1 atom stereocenters. The number of nitrogens with one attached hydrogen (secondary N) is 1. The van der Waals surface area contributed by atoms with Crippen molar-refractivity contribution in [3.05, 3.63) is 52.2 Å². The van der Waals surface area contributed by atoms with Crippen LogP contribution in [0, 0.1) is 0 Å².